The quantitative estimate of drug-likeness (QED) is 0.151. The SMILES string of the molecule is C=C.CC.CC/C=C/C(CC)Cn1c2ccc(-n3c4ccccc4c4ccccc43)cc2c2cc(-n3c4ccccc4c4ccccc43)ccc21. The Morgan fingerprint density at radius 2 is 0.863 bits per heavy atom. The van der Waals surface area contributed by atoms with E-state index in [1.807, 2.05) is 13.8 Å². The molecule has 6 aromatic carbocycles. The summed E-state index contributed by atoms with van der Waals surface area (Å²) in [6, 6.07) is 49.3. The molecule has 3 heterocycles. The van der Waals surface area contributed by atoms with Gasteiger partial charge in [0.15, 0.2) is 0 Å². The van der Waals surface area contributed by atoms with Crippen LogP contribution in [-0.4, -0.2) is 13.7 Å². The normalized spacial score (nSPS) is 12.2. The van der Waals surface area contributed by atoms with Crippen molar-refractivity contribution in [1.29, 1.82) is 0 Å². The van der Waals surface area contributed by atoms with Gasteiger partial charge in [0.25, 0.3) is 0 Å². The fraction of sp³-hybridized carbons (Fsp3) is 0.167. The summed E-state index contributed by atoms with van der Waals surface area (Å²) in [7, 11) is 0. The van der Waals surface area contributed by atoms with Gasteiger partial charge in [0, 0.05) is 61.3 Å². The number of nitrogens with zero attached hydrogens (tertiary/aromatic N) is 3. The Bertz CT molecular complexity index is 2380. The molecule has 0 spiro atoms. The first-order chi connectivity index (χ1) is 25.2. The molecule has 9 rings (SSSR count). The van der Waals surface area contributed by atoms with E-state index in [9.17, 15) is 0 Å². The van der Waals surface area contributed by atoms with Crippen molar-refractivity contribution in [3.63, 3.8) is 0 Å². The lowest BCUT2D eigenvalue weighted by Gasteiger charge is -2.15. The minimum Gasteiger partial charge on any atom is -0.340 e. The average molecular weight is 666 g/mol. The molecule has 0 fully saturated rings. The number of hydrogen-bond acceptors (Lipinski definition) is 0. The molecule has 0 aliphatic heterocycles. The van der Waals surface area contributed by atoms with Crippen molar-refractivity contribution >= 4 is 65.4 Å². The third-order valence-corrected chi connectivity index (χ3v) is 10.1. The molecule has 51 heavy (non-hydrogen) atoms. The van der Waals surface area contributed by atoms with Crippen LogP contribution in [0.1, 0.15) is 40.5 Å². The predicted molar refractivity (Wildman–Crippen MR) is 224 cm³/mol. The minimum absolute atomic E-state index is 0.475. The first-order valence-electron chi connectivity index (χ1n) is 18.4. The molecule has 3 nitrogen and oxygen atoms in total. The maximum absolute atomic E-state index is 3.00. The first-order valence-corrected chi connectivity index (χ1v) is 18.4. The highest BCUT2D eigenvalue weighted by molar-refractivity contribution is 6.13. The lowest BCUT2D eigenvalue weighted by atomic mass is 10.1. The van der Waals surface area contributed by atoms with E-state index >= 15 is 0 Å². The van der Waals surface area contributed by atoms with Crippen molar-refractivity contribution < 1.29 is 0 Å². The molecule has 0 saturated carbocycles. The van der Waals surface area contributed by atoms with Crippen molar-refractivity contribution in [2.45, 2.75) is 47.1 Å². The Balaban J connectivity index is 0.000000983. The summed E-state index contributed by atoms with van der Waals surface area (Å²) in [5.74, 6) is 0.475. The molecule has 0 aliphatic carbocycles. The van der Waals surface area contributed by atoms with Crippen LogP contribution in [0.25, 0.3) is 76.8 Å². The lowest BCUT2D eigenvalue weighted by molar-refractivity contribution is 0.534. The Labute approximate surface area is 301 Å². The molecule has 3 aromatic heterocycles. The van der Waals surface area contributed by atoms with Crippen LogP contribution in [0.4, 0.5) is 0 Å². The van der Waals surface area contributed by atoms with Crippen LogP contribution < -0.4 is 0 Å². The van der Waals surface area contributed by atoms with E-state index in [-0.39, 0.29) is 0 Å². The van der Waals surface area contributed by atoms with Crippen LogP contribution in [0.3, 0.4) is 0 Å². The van der Waals surface area contributed by atoms with Gasteiger partial charge in [-0.05, 0) is 79.4 Å². The standard InChI is InChI=1S/C44H37N3.C2H6.C2H4/c1-3-5-14-30(4-2)29-45-39-25-23-31(46-41-19-10-6-15-33(41)34-16-7-11-20-42(34)46)27-37(39)38-28-32(24-26-40(38)45)47-43-21-12-8-17-35(43)36-18-9-13-22-44(36)47;2*1-2/h5-28,30H,3-4,29H2,1-2H3;1-2H3;1-2H2/b14-5+;;. The van der Waals surface area contributed by atoms with Crippen LogP contribution in [0.5, 0.6) is 0 Å². The van der Waals surface area contributed by atoms with Gasteiger partial charge < -0.3 is 13.7 Å². The number of fused-ring (bicyclic) bond motifs is 9. The van der Waals surface area contributed by atoms with Crippen LogP contribution in [0, 0.1) is 5.92 Å². The highest BCUT2D eigenvalue weighted by atomic mass is 15.0. The highest BCUT2D eigenvalue weighted by Crippen LogP contribution is 2.38. The van der Waals surface area contributed by atoms with Crippen LogP contribution in [0.15, 0.2) is 159 Å². The molecule has 0 amide bonds. The second-order valence-corrected chi connectivity index (χ2v) is 12.8. The number of aromatic nitrogens is 3. The zero-order valence-electron chi connectivity index (χ0n) is 30.3. The Morgan fingerprint density at radius 3 is 1.22 bits per heavy atom. The fourth-order valence-corrected chi connectivity index (χ4v) is 7.85. The highest BCUT2D eigenvalue weighted by Gasteiger charge is 2.19. The maximum atomic E-state index is 3.00. The van der Waals surface area contributed by atoms with Gasteiger partial charge in [-0.2, -0.15) is 0 Å². The van der Waals surface area contributed by atoms with Gasteiger partial charge in [-0.1, -0.05) is 113 Å². The summed E-state index contributed by atoms with van der Waals surface area (Å²) in [6.07, 6.45) is 6.91. The maximum Gasteiger partial charge on any atom is 0.0541 e. The predicted octanol–water partition coefficient (Wildman–Crippen LogP) is 13.8. The zero-order chi connectivity index (χ0) is 35.5. The third-order valence-electron chi connectivity index (χ3n) is 10.1. The van der Waals surface area contributed by atoms with Crippen molar-refractivity contribution in [2.75, 3.05) is 0 Å². The molecule has 254 valence electrons. The molecular weight excluding hydrogens is 619 g/mol. The monoisotopic (exact) mass is 665 g/mol. The Kier molecular flexibility index (Phi) is 9.63. The topological polar surface area (TPSA) is 14.8 Å². The van der Waals surface area contributed by atoms with Gasteiger partial charge in [0.1, 0.15) is 0 Å². The molecule has 0 aliphatic rings. The average Bonchev–Trinajstić information content (AvgIpc) is 3.83. The molecule has 0 saturated heterocycles. The summed E-state index contributed by atoms with van der Waals surface area (Å²) in [5.41, 5.74) is 9.89. The lowest BCUT2D eigenvalue weighted by Crippen LogP contribution is -2.08. The summed E-state index contributed by atoms with van der Waals surface area (Å²) >= 11 is 0. The van der Waals surface area contributed by atoms with Crippen molar-refractivity contribution in [3.05, 3.63) is 159 Å². The molecular formula is C48H47N3. The van der Waals surface area contributed by atoms with Crippen molar-refractivity contribution in [1.82, 2.24) is 13.7 Å². The van der Waals surface area contributed by atoms with E-state index in [4.69, 9.17) is 0 Å². The molecule has 0 N–H and O–H groups in total. The van der Waals surface area contributed by atoms with E-state index in [2.05, 4.69) is 186 Å². The van der Waals surface area contributed by atoms with Gasteiger partial charge in [0.2, 0.25) is 0 Å². The Morgan fingerprint density at radius 1 is 0.490 bits per heavy atom. The van der Waals surface area contributed by atoms with Gasteiger partial charge in [-0.3, -0.25) is 0 Å². The van der Waals surface area contributed by atoms with Crippen molar-refractivity contribution in [3.8, 4) is 11.4 Å². The number of para-hydroxylation sites is 4. The third kappa shape index (κ3) is 5.63. The summed E-state index contributed by atoms with van der Waals surface area (Å²) in [6.45, 7) is 15.5. The smallest absolute Gasteiger partial charge is 0.0541 e. The molecule has 0 bridgehead atoms. The number of benzene rings is 6. The van der Waals surface area contributed by atoms with Crippen LogP contribution in [-0.2, 0) is 6.54 Å². The summed E-state index contributed by atoms with van der Waals surface area (Å²) in [5, 5.41) is 7.72. The van der Waals surface area contributed by atoms with E-state index < -0.39 is 0 Å². The molecule has 9 aromatic rings. The Hall–Kier alpha value is -5.80. The number of rotatable bonds is 7. The summed E-state index contributed by atoms with van der Waals surface area (Å²) in [4.78, 5) is 0. The molecule has 0 radical (unpaired) electrons. The van der Waals surface area contributed by atoms with Gasteiger partial charge >= 0.3 is 0 Å². The van der Waals surface area contributed by atoms with Crippen molar-refractivity contribution in [2.24, 2.45) is 5.92 Å². The minimum atomic E-state index is 0.475. The fourth-order valence-electron chi connectivity index (χ4n) is 7.85. The molecule has 3 heteroatoms. The second kappa shape index (κ2) is 14.6. The first kappa shape index (κ1) is 33.7. The van der Waals surface area contributed by atoms with E-state index in [1.165, 1.54) is 76.8 Å². The van der Waals surface area contributed by atoms with Crippen LogP contribution >= 0.6 is 0 Å². The number of allylic oxidation sites excluding steroid dienone is 2. The zero-order valence-corrected chi connectivity index (χ0v) is 30.3. The van der Waals surface area contributed by atoms with E-state index in [0.29, 0.717) is 5.92 Å². The van der Waals surface area contributed by atoms with Gasteiger partial charge in [-0.25, -0.2) is 0 Å². The molecule has 1 unspecified atom stereocenters. The largest absolute Gasteiger partial charge is 0.340 e. The second-order valence-electron chi connectivity index (χ2n) is 12.8. The van der Waals surface area contributed by atoms with E-state index in [0.717, 1.165) is 19.4 Å². The number of hydrogen-bond donors (Lipinski definition) is 0. The summed E-state index contributed by atoms with van der Waals surface area (Å²) < 4.78 is 7.43. The van der Waals surface area contributed by atoms with E-state index in [1.54, 1.807) is 0 Å². The van der Waals surface area contributed by atoms with Gasteiger partial charge in [0.05, 0.1) is 22.1 Å². The molecule has 1 atom stereocenters. The van der Waals surface area contributed by atoms with Gasteiger partial charge in [-0.15, -0.1) is 13.2 Å². The van der Waals surface area contributed by atoms with Crippen LogP contribution in [0.2, 0.25) is 0 Å².